The third kappa shape index (κ3) is 4.98. The van der Waals surface area contributed by atoms with Crippen molar-refractivity contribution < 1.29 is 15.0 Å². The molecule has 0 bridgehead atoms. The Morgan fingerprint density at radius 2 is 1.71 bits per heavy atom. The molecule has 0 aromatic heterocycles. The summed E-state index contributed by atoms with van der Waals surface area (Å²) in [5.74, 6) is 3.86. The van der Waals surface area contributed by atoms with Gasteiger partial charge in [0.25, 0.3) is 0 Å². The lowest BCUT2D eigenvalue weighted by atomic mass is 9.41. The Balaban J connectivity index is 1.21. The highest BCUT2D eigenvalue weighted by molar-refractivity contribution is 5.75. The van der Waals surface area contributed by atoms with Crippen LogP contribution in [0.2, 0.25) is 0 Å². The summed E-state index contributed by atoms with van der Waals surface area (Å²) in [5, 5.41) is 25.5. The molecule has 0 spiro atoms. The maximum Gasteiger partial charge on any atom is 0.220 e. The van der Waals surface area contributed by atoms with Crippen LogP contribution in [0.4, 0.5) is 0 Å². The first-order valence-electron chi connectivity index (χ1n) is 15.9. The number of aliphatic hydroxyl groups is 2. The lowest BCUT2D eigenvalue weighted by molar-refractivity contribution is -0.203. The minimum absolute atomic E-state index is 0.161. The first kappa shape index (κ1) is 28.1. The Hall–Kier alpha value is -1.39. The Labute approximate surface area is 231 Å². The first-order chi connectivity index (χ1) is 18.2. The molecule has 11 atom stereocenters. The third-order valence-corrected chi connectivity index (χ3v) is 12.5. The van der Waals surface area contributed by atoms with Crippen molar-refractivity contribution in [3.05, 3.63) is 35.9 Å². The van der Waals surface area contributed by atoms with E-state index in [9.17, 15) is 15.0 Å². The molecule has 4 fully saturated rings. The van der Waals surface area contributed by atoms with E-state index in [1.54, 1.807) is 0 Å². The van der Waals surface area contributed by atoms with Gasteiger partial charge < -0.3 is 15.5 Å². The number of aliphatic hydroxyl groups excluding tert-OH is 2. The average molecular weight is 524 g/mol. The molecule has 1 aromatic rings. The lowest BCUT2D eigenvalue weighted by Crippen LogP contribution is -2.62. The molecule has 4 saturated carbocycles. The predicted molar refractivity (Wildman–Crippen MR) is 153 cm³/mol. The van der Waals surface area contributed by atoms with E-state index in [0.29, 0.717) is 59.8 Å². The Morgan fingerprint density at radius 3 is 2.45 bits per heavy atom. The van der Waals surface area contributed by atoms with Gasteiger partial charge in [-0.2, -0.15) is 0 Å². The van der Waals surface area contributed by atoms with Gasteiger partial charge in [0.05, 0.1) is 12.2 Å². The smallest absolute Gasteiger partial charge is 0.220 e. The molecule has 4 heteroatoms. The Kier molecular flexibility index (Phi) is 8.32. The highest BCUT2D eigenvalue weighted by atomic mass is 16.3. The zero-order valence-corrected chi connectivity index (χ0v) is 24.4. The standard InChI is InChI=1S/C34H53NO3/c1-5-25-29-20-24(36)16-18-34(29,4)28-17-19-33(3)26(14-15-27(33)31(28)32(25)38)22(2)10-9-13-30(37)35-21-23-11-7-6-8-12-23/h6-8,11-12,22,24-29,31-32,36,38H,5,9-10,13-21H2,1-4H3,(H,35,37)/t22-,24-,25-,26-,27+,28+,29+,31?,32-,33?,34?/m1/s1. The summed E-state index contributed by atoms with van der Waals surface area (Å²) < 4.78 is 0. The molecule has 4 nitrogen and oxygen atoms in total. The molecule has 1 aromatic carbocycles. The van der Waals surface area contributed by atoms with Crippen LogP contribution in [0.1, 0.15) is 104 Å². The molecule has 0 aliphatic heterocycles. The summed E-state index contributed by atoms with van der Waals surface area (Å²) in [7, 11) is 0. The van der Waals surface area contributed by atoms with E-state index >= 15 is 0 Å². The van der Waals surface area contributed by atoms with E-state index in [4.69, 9.17) is 0 Å². The van der Waals surface area contributed by atoms with Gasteiger partial charge in [-0.3, -0.25) is 4.79 Å². The molecule has 0 radical (unpaired) electrons. The quantitative estimate of drug-likeness (QED) is 0.354. The van der Waals surface area contributed by atoms with Gasteiger partial charge in [0, 0.05) is 13.0 Å². The SMILES string of the molecule is CC[C@H]1[C@@H](O)C2[C@@H]3CC[C@H]([C@H](C)CCCC(=O)NCc4ccccc4)C3(C)CC[C@@H]2C2(C)CC[C@@H](O)C[C@@H]12. The van der Waals surface area contributed by atoms with E-state index in [1.165, 1.54) is 25.7 Å². The van der Waals surface area contributed by atoms with Gasteiger partial charge >= 0.3 is 0 Å². The van der Waals surface area contributed by atoms with Crippen LogP contribution in [0.3, 0.4) is 0 Å². The van der Waals surface area contributed by atoms with Crippen LogP contribution in [-0.4, -0.2) is 28.3 Å². The van der Waals surface area contributed by atoms with E-state index in [2.05, 4.69) is 45.1 Å². The molecule has 3 unspecified atom stereocenters. The second-order valence-corrected chi connectivity index (χ2v) is 14.3. The van der Waals surface area contributed by atoms with Gasteiger partial charge in [-0.1, -0.05) is 64.4 Å². The van der Waals surface area contributed by atoms with Crippen LogP contribution in [0, 0.1) is 52.3 Å². The molecule has 38 heavy (non-hydrogen) atoms. The molecule has 0 saturated heterocycles. The number of carbonyl (C=O) groups is 1. The van der Waals surface area contributed by atoms with E-state index in [1.807, 2.05) is 18.2 Å². The molecular formula is C34H53NO3. The second-order valence-electron chi connectivity index (χ2n) is 14.3. The first-order valence-corrected chi connectivity index (χ1v) is 15.9. The minimum atomic E-state index is -0.222. The maximum absolute atomic E-state index is 12.5. The van der Waals surface area contributed by atoms with Gasteiger partial charge in [0.15, 0.2) is 0 Å². The Bertz CT molecular complexity index is 950. The monoisotopic (exact) mass is 523 g/mol. The molecule has 3 N–H and O–H groups in total. The number of fused-ring (bicyclic) bond motifs is 5. The fourth-order valence-corrected chi connectivity index (χ4v) is 10.6. The summed E-state index contributed by atoms with van der Waals surface area (Å²) in [5.41, 5.74) is 1.71. The van der Waals surface area contributed by atoms with Crippen molar-refractivity contribution in [1.29, 1.82) is 0 Å². The molecular weight excluding hydrogens is 470 g/mol. The third-order valence-electron chi connectivity index (χ3n) is 12.5. The van der Waals surface area contributed by atoms with Crippen molar-refractivity contribution in [3.8, 4) is 0 Å². The highest BCUT2D eigenvalue weighted by Crippen LogP contribution is 2.69. The van der Waals surface area contributed by atoms with E-state index in [0.717, 1.165) is 44.1 Å². The van der Waals surface area contributed by atoms with Crippen molar-refractivity contribution in [2.45, 2.75) is 117 Å². The largest absolute Gasteiger partial charge is 0.393 e. The van der Waals surface area contributed by atoms with E-state index < -0.39 is 0 Å². The lowest BCUT2D eigenvalue weighted by Gasteiger charge is -2.64. The topological polar surface area (TPSA) is 69.6 Å². The Morgan fingerprint density at radius 1 is 1.00 bits per heavy atom. The highest BCUT2D eigenvalue weighted by Gasteiger charge is 2.64. The number of hydrogen-bond donors (Lipinski definition) is 3. The van der Waals surface area contributed by atoms with E-state index in [-0.39, 0.29) is 23.5 Å². The van der Waals surface area contributed by atoms with Crippen LogP contribution in [0.5, 0.6) is 0 Å². The molecule has 5 rings (SSSR count). The summed E-state index contributed by atoms with van der Waals surface area (Å²) in [6.45, 7) is 10.4. The number of hydrogen-bond acceptors (Lipinski definition) is 3. The number of nitrogens with one attached hydrogen (secondary N) is 1. The summed E-state index contributed by atoms with van der Waals surface area (Å²) in [6, 6.07) is 10.1. The van der Waals surface area contributed by atoms with Gasteiger partial charge in [-0.15, -0.1) is 0 Å². The van der Waals surface area contributed by atoms with Crippen LogP contribution in [0.25, 0.3) is 0 Å². The summed E-state index contributed by atoms with van der Waals surface area (Å²) >= 11 is 0. The van der Waals surface area contributed by atoms with Crippen LogP contribution in [0.15, 0.2) is 30.3 Å². The molecule has 4 aliphatic carbocycles. The molecule has 1 amide bonds. The van der Waals surface area contributed by atoms with Crippen molar-refractivity contribution >= 4 is 5.91 Å². The van der Waals surface area contributed by atoms with Crippen molar-refractivity contribution in [3.63, 3.8) is 0 Å². The number of amides is 1. The fourth-order valence-electron chi connectivity index (χ4n) is 10.6. The zero-order valence-electron chi connectivity index (χ0n) is 24.4. The van der Waals surface area contributed by atoms with Crippen LogP contribution in [-0.2, 0) is 11.3 Å². The number of carbonyl (C=O) groups excluding carboxylic acids is 1. The van der Waals surface area contributed by atoms with Crippen LogP contribution >= 0.6 is 0 Å². The minimum Gasteiger partial charge on any atom is -0.393 e. The fraction of sp³-hybridized carbons (Fsp3) is 0.794. The van der Waals surface area contributed by atoms with Gasteiger partial charge in [0.1, 0.15) is 0 Å². The molecule has 0 heterocycles. The van der Waals surface area contributed by atoms with Crippen molar-refractivity contribution in [1.82, 2.24) is 5.32 Å². The summed E-state index contributed by atoms with van der Waals surface area (Å²) in [4.78, 5) is 12.5. The summed E-state index contributed by atoms with van der Waals surface area (Å²) in [6.07, 6.45) is 11.3. The normalized spacial score (nSPS) is 43.0. The molecule has 212 valence electrons. The van der Waals surface area contributed by atoms with Gasteiger partial charge in [-0.25, -0.2) is 0 Å². The number of benzene rings is 1. The predicted octanol–water partition coefficient (Wildman–Crippen LogP) is 6.74. The second kappa shape index (κ2) is 11.2. The van der Waals surface area contributed by atoms with Gasteiger partial charge in [0.2, 0.25) is 5.91 Å². The van der Waals surface area contributed by atoms with Gasteiger partial charge in [-0.05, 0) is 116 Å². The van der Waals surface area contributed by atoms with Crippen molar-refractivity contribution in [2.75, 3.05) is 0 Å². The molecule has 4 aliphatic rings. The number of rotatable bonds is 8. The van der Waals surface area contributed by atoms with Crippen molar-refractivity contribution in [2.24, 2.45) is 52.3 Å². The average Bonchev–Trinajstić information content (AvgIpc) is 3.26. The van der Waals surface area contributed by atoms with Crippen LogP contribution < -0.4 is 5.32 Å². The maximum atomic E-state index is 12.5. The zero-order chi connectivity index (χ0) is 27.1.